The minimum absolute atomic E-state index is 0.0945. The maximum atomic E-state index is 12.8. The van der Waals surface area contributed by atoms with Crippen molar-refractivity contribution >= 4 is 17.9 Å². The summed E-state index contributed by atoms with van der Waals surface area (Å²) in [5.41, 5.74) is 0. The molecule has 0 aromatic carbocycles. The van der Waals surface area contributed by atoms with Crippen LogP contribution in [0.3, 0.4) is 0 Å². The van der Waals surface area contributed by atoms with Gasteiger partial charge in [-0.15, -0.1) is 0 Å². The highest BCUT2D eigenvalue weighted by molar-refractivity contribution is 5.71. The number of unbranched alkanes of at least 4 members (excludes halogenated alkanes) is 23. The molecule has 0 N–H and O–H groups in total. The second-order valence-corrected chi connectivity index (χ2v) is 18.1. The van der Waals surface area contributed by atoms with Gasteiger partial charge < -0.3 is 14.2 Å². The Bertz CT molecular complexity index is 1350. The average molecular weight is 931 g/mol. The van der Waals surface area contributed by atoms with Crippen LogP contribution in [0, 0.1) is 0 Å². The van der Waals surface area contributed by atoms with Crippen LogP contribution in [0.2, 0.25) is 0 Å². The summed E-state index contributed by atoms with van der Waals surface area (Å²) < 4.78 is 16.8. The standard InChI is InChI=1S/C61H102O6/c1-4-7-10-13-16-19-22-24-26-28-30-32-34-36-39-42-45-48-51-54-60(63)66-57-58(56-65-59(62)53-50-47-44-41-38-21-18-15-12-9-6-3)67-61(64)55-52-49-46-43-40-37-35-33-31-29-27-25-23-20-17-14-11-8-5-2/h7,10,15-20,23-26,30,32,36,39,58H,4-6,8-9,11-14,21-22,27-29,31,33-35,37-38,40-57H2,1-3H3/b10-7-,18-15-,19-16-,20-17-,25-23-,26-24-,32-30-,39-36-. The van der Waals surface area contributed by atoms with Crippen molar-refractivity contribution in [3.8, 4) is 0 Å². The molecule has 0 spiro atoms. The van der Waals surface area contributed by atoms with Gasteiger partial charge >= 0.3 is 17.9 Å². The number of rotatable bonds is 49. The van der Waals surface area contributed by atoms with Crippen molar-refractivity contribution in [2.45, 2.75) is 258 Å². The van der Waals surface area contributed by atoms with E-state index in [2.05, 4.69) is 118 Å². The molecule has 6 heteroatoms. The number of carbonyl (C=O) groups excluding carboxylic acids is 3. The van der Waals surface area contributed by atoms with Crippen LogP contribution in [0.1, 0.15) is 252 Å². The van der Waals surface area contributed by atoms with E-state index in [9.17, 15) is 14.4 Å². The Balaban J connectivity index is 4.42. The van der Waals surface area contributed by atoms with Gasteiger partial charge in [0.1, 0.15) is 13.2 Å². The topological polar surface area (TPSA) is 78.9 Å². The highest BCUT2D eigenvalue weighted by Crippen LogP contribution is 2.14. The molecule has 0 aromatic rings. The van der Waals surface area contributed by atoms with Gasteiger partial charge in [0.25, 0.3) is 0 Å². The number of hydrogen-bond acceptors (Lipinski definition) is 6. The van der Waals surface area contributed by atoms with Crippen molar-refractivity contribution in [3.05, 3.63) is 97.2 Å². The number of esters is 3. The van der Waals surface area contributed by atoms with E-state index >= 15 is 0 Å². The number of allylic oxidation sites excluding steroid dienone is 16. The third-order valence-electron chi connectivity index (χ3n) is 11.6. The monoisotopic (exact) mass is 931 g/mol. The largest absolute Gasteiger partial charge is 0.462 e. The fraction of sp³-hybridized carbons (Fsp3) is 0.689. The summed E-state index contributed by atoms with van der Waals surface area (Å²) in [6.07, 6.45) is 72.5. The zero-order valence-electron chi connectivity index (χ0n) is 43.6. The lowest BCUT2D eigenvalue weighted by Crippen LogP contribution is -2.30. The quantitative estimate of drug-likeness (QED) is 0.0199. The summed E-state index contributed by atoms with van der Waals surface area (Å²) in [6, 6.07) is 0. The summed E-state index contributed by atoms with van der Waals surface area (Å²) in [5, 5.41) is 0. The van der Waals surface area contributed by atoms with E-state index in [1.165, 1.54) is 103 Å². The lowest BCUT2D eigenvalue weighted by Gasteiger charge is -2.18. The molecule has 0 aliphatic heterocycles. The predicted octanol–water partition coefficient (Wildman–Crippen LogP) is 18.5. The molecular formula is C61H102O6. The lowest BCUT2D eigenvalue weighted by molar-refractivity contribution is -0.167. The van der Waals surface area contributed by atoms with Crippen molar-refractivity contribution in [3.63, 3.8) is 0 Å². The van der Waals surface area contributed by atoms with E-state index in [1.54, 1.807) is 0 Å². The Morgan fingerprint density at radius 2 is 0.642 bits per heavy atom. The molecule has 0 rings (SSSR count). The molecule has 0 aliphatic rings. The van der Waals surface area contributed by atoms with E-state index in [-0.39, 0.29) is 31.1 Å². The Morgan fingerprint density at radius 3 is 1.07 bits per heavy atom. The van der Waals surface area contributed by atoms with Gasteiger partial charge in [-0.05, 0) is 109 Å². The third kappa shape index (κ3) is 53.2. The van der Waals surface area contributed by atoms with Crippen LogP contribution in [0.15, 0.2) is 97.2 Å². The van der Waals surface area contributed by atoms with Crippen LogP contribution in [-0.2, 0) is 28.6 Å². The Labute approximate surface area is 413 Å². The van der Waals surface area contributed by atoms with Crippen molar-refractivity contribution in [1.29, 1.82) is 0 Å². The normalized spacial score (nSPS) is 12.8. The molecule has 0 amide bonds. The molecule has 1 atom stereocenters. The molecule has 0 aliphatic carbocycles. The van der Waals surface area contributed by atoms with Crippen molar-refractivity contribution < 1.29 is 28.6 Å². The maximum Gasteiger partial charge on any atom is 0.306 e. The summed E-state index contributed by atoms with van der Waals surface area (Å²) in [4.78, 5) is 38.1. The van der Waals surface area contributed by atoms with Gasteiger partial charge in [0.15, 0.2) is 6.10 Å². The summed E-state index contributed by atoms with van der Waals surface area (Å²) in [6.45, 7) is 6.42. The van der Waals surface area contributed by atoms with Gasteiger partial charge in [0.2, 0.25) is 0 Å². The Kier molecular flexibility index (Phi) is 51.9. The molecule has 0 saturated heterocycles. The summed E-state index contributed by atoms with van der Waals surface area (Å²) >= 11 is 0. The molecule has 0 heterocycles. The zero-order valence-corrected chi connectivity index (χ0v) is 43.6. The molecule has 0 bridgehead atoms. The molecular weight excluding hydrogens is 829 g/mol. The maximum absolute atomic E-state index is 12.8. The fourth-order valence-corrected chi connectivity index (χ4v) is 7.38. The van der Waals surface area contributed by atoms with Crippen molar-refractivity contribution in [2.24, 2.45) is 0 Å². The predicted molar refractivity (Wildman–Crippen MR) is 288 cm³/mol. The summed E-state index contributed by atoms with van der Waals surface area (Å²) in [5.74, 6) is -0.940. The highest BCUT2D eigenvalue weighted by atomic mass is 16.6. The van der Waals surface area contributed by atoms with Crippen LogP contribution in [0.4, 0.5) is 0 Å². The minimum Gasteiger partial charge on any atom is -0.462 e. The minimum atomic E-state index is -0.797. The number of hydrogen-bond donors (Lipinski definition) is 0. The second kappa shape index (κ2) is 54.9. The van der Waals surface area contributed by atoms with Crippen LogP contribution < -0.4 is 0 Å². The number of carbonyl (C=O) groups is 3. The molecule has 0 radical (unpaired) electrons. The first kappa shape index (κ1) is 63.3. The van der Waals surface area contributed by atoms with Crippen LogP contribution in [0.25, 0.3) is 0 Å². The molecule has 0 fully saturated rings. The number of ether oxygens (including phenoxy) is 3. The fourth-order valence-electron chi connectivity index (χ4n) is 7.38. The van der Waals surface area contributed by atoms with Gasteiger partial charge in [-0.1, -0.05) is 221 Å². The van der Waals surface area contributed by atoms with Crippen molar-refractivity contribution in [2.75, 3.05) is 13.2 Å². The van der Waals surface area contributed by atoms with Gasteiger partial charge in [-0.3, -0.25) is 14.4 Å². The van der Waals surface area contributed by atoms with Crippen LogP contribution in [-0.4, -0.2) is 37.2 Å². The smallest absolute Gasteiger partial charge is 0.306 e. The molecule has 6 nitrogen and oxygen atoms in total. The first-order chi connectivity index (χ1) is 33.0. The lowest BCUT2D eigenvalue weighted by atomic mass is 10.1. The molecule has 382 valence electrons. The second-order valence-electron chi connectivity index (χ2n) is 18.1. The van der Waals surface area contributed by atoms with Gasteiger partial charge in [-0.25, -0.2) is 0 Å². The SMILES string of the molecule is CC/C=C\C/C=C\C/C=C\C/C=C\C/C=C\CCCCCC(=O)OCC(COC(=O)CCCCCCC/C=C\CCCC)OC(=O)CCCCCCCCCCCC/C=C\C=C/CCCCC. The Hall–Kier alpha value is -3.67. The van der Waals surface area contributed by atoms with Gasteiger partial charge in [0.05, 0.1) is 0 Å². The third-order valence-corrected chi connectivity index (χ3v) is 11.6. The zero-order chi connectivity index (χ0) is 48.6. The van der Waals surface area contributed by atoms with Crippen LogP contribution >= 0.6 is 0 Å². The summed E-state index contributed by atoms with van der Waals surface area (Å²) in [7, 11) is 0. The average Bonchev–Trinajstić information content (AvgIpc) is 3.33. The molecule has 67 heavy (non-hydrogen) atoms. The van der Waals surface area contributed by atoms with E-state index in [0.717, 1.165) is 109 Å². The van der Waals surface area contributed by atoms with Crippen molar-refractivity contribution in [1.82, 2.24) is 0 Å². The van der Waals surface area contributed by atoms with Gasteiger partial charge in [0, 0.05) is 19.3 Å². The Morgan fingerprint density at radius 1 is 0.328 bits per heavy atom. The first-order valence-electron chi connectivity index (χ1n) is 27.8. The van der Waals surface area contributed by atoms with E-state index in [0.29, 0.717) is 19.3 Å². The first-order valence-corrected chi connectivity index (χ1v) is 27.8. The van der Waals surface area contributed by atoms with Crippen LogP contribution in [0.5, 0.6) is 0 Å². The van der Waals surface area contributed by atoms with Gasteiger partial charge in [-0.2, -0.15) is 0 Å². The van der Waals surface area contributed by atoms with E-state index < -0.39 is 6.10 Å². The molecule has 0 saturated carbocycles. The van der Waals surface area contributed by atoms with E-state index in [4.69, 9.17) is 14.2 Å². The highest BCUT2D eigenvalue weighted by Gasteiger charge is 2.19. The van der Waals surface area contributed by atoms with E-state index in [1.807, 2.05) is 0 Å². The molecule has 1 unspecified atom stereocenters. The molecule has 0 aromatic heterocycles.